The van der Waals surface area contributed by atoms with Crippen molar-refractivity contribution in [3.8, 4) is 0 Å². The SMILES string of the molecule is CCN(CCC(=O)NCc1ccco1)C(=O)c1cc2n(n1)CCCN(Cc1ccccc1C)C2=O. The molecule has 9 nitrogen and oxygen atoms in total. The molecule has 2 aromatic heterocycles. The molecule has 9 heteroatoms. The van der Waals surface area contributed by atoms with Gasteiger partial charge in [0.2, 0.25) is 5.91 Å². The summed E-state index contributed by atoms with van der Waals surface area (Å²) in [5.41, 5.74) is 2.89. The average Bonchev–Trinajstić information content (AvgIpc) is 3.51. The third kappa shape index (κ3) is 5.79. The Morgan fingerprint density at radius 3 is 2.74 bits per heavy atom. The monoisotopic (exact) mass is 477 g/mol. The van der Waals surface area contributed by atoms with Gasteiger partial charge < -0.3 is 19.5 Å². The van der Waals surface area contributed by atoms with Crippen molar-refractivity contribution < 1.29 is 18.8 Å². The normalized spacial score (nSPS) is 13.3. The summed E-state index contributed by atoms with van der Waals surface area (Å²) in [6, 6.07) is 13.2. The highest BCUT2D eigenvalue weighted by molar-refractivity contribution is 5.98. The Labute approximate surface area is 204 Å². The molecule has 1 aliphatic heterocycles. The van der Waals surface area contributed by atoms with E-state index >= 15 is 0 Å². The van der Waals surface area contributed by atoms with Gasteiger partial charge in [-0.05, 0) is 43.5 Å². The van der Waals surface area contributed by atoms with Crippen LogP contribution in [0, 0.1) is 6.92 Å². The Hall–Kier alpha value is -3.88. The summed E-state index contributed by atoms with van der Waals surface area (Å²) in [7, 11) is 0. The summed E-state index contributed by atoms with van der Waals surface area (Å²) in [6.07, 6.45) is 2.47. The number of fused-ring (bicyclic) bond motifs is 1. The van der Waals surface area contributed by atoms with Crippen LogP contribution in [0.1, 0.15) is 57.6 Å². The molecule has 3 aromatic rings. The molecule has 1 N–H and O–H groups in total. The van der Waals surface area contributed by atoms with Crippen molar-refractivity contribution in [3.05, 3.63) is 77.0 Å². The van der Waals surface area contributed by atoms with E-state index in [0.29, 0.717) is 44.2 Å². The second kappa shape index (κ2) is 11.0. The molecule has 35 heavy (non-hydrogen) atoms. The molecule has 0 unspecified atom stereocenters. The van der Waals surface area contributed by atoms with E-state index in [-0.39, 0.29) is 36.4 Å². The van der Waals surface area contributed by atoms with Gasteiger partial charge in [0.25, 0.3) is 11.8 Å². The lowest BCUT2D eigenvalue weighted by atomic mass is 10.1. The molecular formula is C26H31N5O4. The molecule has 0 aliphatic carbocycles. The number of nitrogens with zero attached hydrogens (tertiary/aromatic N) is 4. The quantitative estimate of drug-likeness (QED) is 0.511. The van der Waals surface area contributed by atoms with Gasteiger partial charge in [0, 0.05) is 45.2 Å². The van der Waals surface area contributed by atoms with Crippen LogP contribution in [0.25, 0.3) is 0 Å². The molecular weight excluding hydrogens is 446 g/mol. The number of carbonyl (C=O) groups is 3. The number of nitrogens with one attached hydrogen (secondary N) is 1. The van der Waals surface area contributed by atoms with Crippen LogP contribution < -0.4 is 5.32 Å². The van der Waals surface area contributed by atoms with Gasteiger partial charge in [0.1, 0.15) is 11.5 Å². The smallest absolute Gasteiger partial charge is 0.274 e. The Morgan fingerprint density at radius 2 is 2.00 bits per heavy atom. The number of benzene rings is 1. The van der Waals surface area contributed by atoms with Gasteiger partial charge in [-0.25, -0.2) is 0 Å². The van der Waals surface area contributed by atoms with Crippen LogP contribution in [0.2, 0.25) is 0 Å². The van der Waals surface area contributed by atoms with Crippen LogP contribution in [-0.2, 0) is 24.4 Å². The maximum Gasteiger partial charge on any atom is 0.274 e. The van der Waals surface area contributed by atoms with Crippen molar-refractivity contribution in [2.24, 2.45) is 0 Å². The van der Waals surface area contributed by atoms with E-state index in [2.05, 4.69) is 10.4 Å². The van der Waals surface area contributed by atoms with E-state index in [0.717, 1.165) is 17.5 Å². The first-order valence-electron chi connectivity index (χ1n) is 12.0. The summed E-state index contributed by atoms with van der Waals surface area (Å²) >= 11 is 0. The Balaban J connectivity index is 1.39. The maximum absolute atomic E-state index is 13.3. The van der Waals surface area contributed by atoms with E-state index in [9.17, 15) is 14.4 Å². The number of aryl methyl sites for hydroxylation is 2. The Bertz CT molecular complexity index is 1180. The lowest BCUT2D eigenvalue weighted by Gasteiger charge is -2.21. The highest BCUT2D eigenvalue weighted by atomic mass is 16.3. The summed E-state index contributed by atoms with van der Waals surface area (Å²) in [5.74, 6) is 0.0838. The number of aromatic nitrogens is 2. The van der Waals surface area contributed by atoms with Crippen molar-refractivity contribution in [2.45, 2.75) is 46.3 Å². The van der Waals surface area contributed by atoms with E-state index < -0.39 is 0 Å². The molecule has 0 saturated carbocycles. The zero-order valence-corrected chi connectivity index (χ0v) is 20.2. The third-order valence-corrected chi connectivity index (χ3v) is 6.24. The fourth-order valence-electron chi connectivity index (χ4n) is 4.17. The van der Waals surface area contributed by atoms with Crippen LogP contribution in [-0.4, -0.2) is 56.9 Å². The molecule has 3 heterocycles. The molecule has 0 radical (unpaired) electrons. The van der Waals surface area contributed by atoms with Crippen molar-refractivity contribution in [2.75, 3.05) is 19.6 Å². The van der Waals surface area contributed by atoms with Crippen molar-refractivity contribution in [1.82, 2.24) is 24.9 Å². The molecule has 0 fully saturated rings. The van der Waals surface area contributed by atoms with Gasteiger partial charge in [-0.3, -0.25) is 19.1 Å². The van der Waals surface area contributed by atoms with E-state index in [4.69, 9.17) is 4.42 Å². The Morgan fingerprint density at radius 1 is 1.17 bits per heavy atom. The van der Waals surface area contributed by atoms with Gasteiger partial charge in [0.05, 0.1) is 12.8 Å². The second-order valence-corrected chi connectivity index (χ2v) is 8.64. The molecule has 0 saturated heterocycles. The minimum absolute atomic E-state index is 0.127. The highest BCUT2D eigenvalue weighted by Crippen LogP contribution is 2.19. The number of amides is 3. The summed E-state index contributed by atoms with van der Waals surface area (Å²) in [6.45, 7) is 6.61. The number of rotatable bonds is 9. The average molecular weight is 478 g/mol. The zero-order chi connectivity index (χ0) is 24.8. The number of hydrogen-bond acceptors (Lipinski definition) is 5. The predicted octanol–water partition coefficient (Wildman–Crippen LogP) is 3.00. The van der Waals surface area contributed by atoms with Gasteiger partial charge >= 0.3 is 0 Å². The minimum atomic E-state index is -0.287. The lowest BCUT2D eigenvalue weighted by molar-refractivity contribution is -0.121. The fraction of sp³-hybridized carbons (Fsp3) is 0.385. The third-order valence-electron chi connectivity index (χ3n) is 6.24. The van der Waals surface area contributed by atoms with E-state index in [1.807, 2.05) is 43.0 Å². The van der Waals surface area contributed by atoms with Crippen molar-refractivity contribution in [3.63, 3.8) is 0 Å². The van der Waals surface area contributed by atoms with E-state index in [1.165, 1.54) is 0 Å². The van der Waals surface area contributed by atoms with Gasteiger partial charge in [0.15, 0.2) is 5.69 Å². The molecule has 0 atom stereocenters. The summed E-state index contributed by atoms with van der Waals surface area (Å²) < 4.78 is 6.85. The van der Waals surface area contributed by atoms with Crippen LogP contribution in [0.3, 0.4) is 0 Å². The number of hydrogen-bond donors (Lipinski definition) is 1. The number of carbonyl (C=O) groups excluding carboxylic acids is 3. The first-order valence-corrected chi connectivity index (χ1v) is 12.0. The number of furan rings is 1. The molecule has 184 valence electrons. The summed E-state index contributed by atoms with van der Waals surface area (Å²) in [4.78, 5) is 42.0. The Kier molecular flexibility index (Phi) is 7.64. The zero-order valence-electron chi connectivity index (χ0n) is 20.2. The topological polar surface area (TPSA) is 101 Å². The molecule has 0 spiro atoms. The first-order chi connectivity index (χ1) is 17.0. The second-order valence-electron chi connectivity index (χ2n) is 8.64. The summed E-state index contributed by atoms with van der Waals surface area (Å²) in [5, 5.41) is 7.24. The van der Waals surface area contributed by atoms with Gasteiger partial charge in [-0.2, -0.15) is 5.10 Å². The fourth-order valence-corrected chi connectivity index (χ4v) is 4.17. The van der Waals surface area contributed by atoms with Crippen LogP contribution >= 0.6 is 0 Å². The molecule has 1 aromatic carbocycles. The van der Waals surface area contributed by atoms with Crippen LogP contribution in [0.5, 0.6) is 0 Å². The minimum Gasteiger partial charge on any atom is -0.467 e. The maximum atomic E-state index is 13.3. The standard InChI is InChI=1S/C26H31N5O4/c1-3-29(14-11-24(32)27-17-21-10-6-15-35-21)25(33)22-16-23-26(34)30(12-7-13-31(23)28-22)18-20-9-5-4-8-19(20)2/h4-6,8-10,15-16H,3,7,11-14,17-18H2,1-2H3,(H,27,32). The van der Waals surface area contributed by atoms with Crippen LogP contribution in [0.15, 0.2) is 53.1 Å². The van der Waals surface area contributed by atoms with Gasteiger partial charge in [-0.1, -0.05) is 24.3 Å². The highest BCUT2D eigenvalue weighted by Gasteiger charge is 2.28. The molecule has 1 aliphatic rings. The van der Waals surface area contributed by atoms with Crippen LogP contribution in [0.4, 0.5) is 0 Å². The van der Waals surface area contributed by atoms with Crippen molar-refractivity contribution in [1.29, 1.82) is 0 Å². The molecule has 0 bridgehead atoms. The van der Waals surface area contributed by atoms with Crippen molar-refractivity contribution >= 4 is 17.7 Å². The van der Waals surface area contributed by atoms with Gasteiger partial charge in [-0.15, -0.1) is 0 Å². The first kappa shape index (κ1) is 24.3. The molecule has 4 rings (SSSR count). The predicted molar refractivity (Wildman–Crippen MR) is 130 cm³/mol. The largest absolute Gasteiger partial charge is 0.467 e. The lowest BCUT2D eigenvalue weighted by Crippen LogP contribution is -2.35. The van der Waals surface area contributed by atoms with E-state index in [1.54, 1.807) is 34.0 Å². The molecule has 3 amide bonds.